The van der Waals surface area contributed by atoms with E-state index in [2.05, 4.69) is 11.0 Å². The summed E-state index contributed by atoms with van der Waals surface area (Å²) in [5.74, 6) is 0.236. The molecular formula is C16H22N2O2. The Balaban J connectivity index is 1.64. The summed E-state index contributed by atoms with van der Waals surface area (Å²) in [5, 5.41) is 10.5. The van der Waals surface area contributed by atoms with Crippen molar-refractivity contribution in [2.45, 2.75) is 31.9 Å². The fourth-order valence-electron chi connectivity index (χ4n) is 3.41. The quantitative estimate of drug-likeness (QED) is 0.881. The average molecular weight is 274 g/mol. The topological polar surface area (TPSA) is 43.8 Å². The van der Waals surface area contributed by atoms with E-state index in [4.69, 9.17) is 0 Å². The number of hydrogen-bond donors (Lipinski definition) is 1. The van der Waals surface area contributed by atoms with Crippen molar-refractivity contribution < 1.29 is 9.90 Å². The molecule has 1 fully saturated rings. The number of piperazine rings is 1. The Labute approximate surface area is 120 Å². The summed E-state index contributed by atoms with van der Waals surface area (Å²) >= 11 is 0. The summed E-state index contributed by atoms with van der Waals surface area (Å²) in [6.45, 7) is 5.20. The van der Waals surface area contributed by atoms with Gasteiger partial charge in [0, 0.05) is 38.6 Å². The number of aliphatic hydroxyl groups is 1. The highest BCUT2D eigenvalue weighted by molar-refractivity contribution is 5.75. The molecule has 0 radical (unpaired) electrons. The van der Waals surface area contributed by atoms with Crippen LogP contribution in [-0.2, 0) is 11.2 Å². The Kier molecular flexibility index (Phi) is 3.76. The van der Waals surface area contributed by atoms with Gasteiger partial charge in [-0.15, -0.1) is 0 Å². The van der Waals surface area contributed by atoms with Crippen molar-refractivity contribution in [1.82, 2.24) is 9.80 Å². The van der Waals surface area contributed by atoms with Crippen molar-refractivity contribution in [3.8, 4) is 0 Å². The van der Waals surface area contributed by atoms with Gasteiger partial charge in [-0.1, -0.05) is 31.2 Å². The zero-order chi connectivity index (χ0) is 14.1. The molecule has 0 spiro atoms. The van der Waals surface area contributed by atoms with E-state index < -0.39 is 0 Å². The first-order valence-corrected chi connectivity index (χ1v) is 7.48. The van der Waals surface area contributed by atoms with Crippen molar-refractivity contribution in [3.63, 3.8) is 0 Å². The molecule has 1 aliphatic carbocycles. The van der Waals surface area contributed by atoms with E-state index in [1.54, 1.807) is 0 Å². The lowest BCUT2D eigenvalue weighted by Crippen LogP contribution is -2.52. The number of rotatable bonds is 2. The van der Waals surface area contributed by atoms with E-state index in [9.17, 15) is 9.90 Å². The van der Waals surface area contributed by atoms with Crippen LogP contribution in [0.4, 0.5) is 0 Å². The van der Waals surface area contributed by atoms with Crippen molar-refractivity contribution in [2.24, 2.45) is 0 Å². The predicted octanol–water partition coefficient (Wildman–Crippen LogP) is 1.20. The van der Waals surface area contributed by atoms with Crippen LogP contribution in [0.1, 0.15) is 30.6 Å². The number of aliphatic hydroxyl groups excluding tert-OH is 1. The standard InChI is InChI=1S/C16H22N2O2/c1-2-15(19)18-9-7-17(8-10-18)14-11-12-5-3-4-6-13(12)16(14)20/h3-6,14,16,20H,2,7-11H2,1H3/t14-,16+/m1/s1. The summed E-state index contributed by atoms with van der Waals surface area (Å²) in [7, 11) is 0. The van der Waals surface area contributed by atoms with Gasteiger partial charge in [-0.2, -0.15) is 0 Å². The molecule has 4 heteroatoms. The molecule has 1 aromatic carbocycles. The van der Waals surface area contributed by atoms with Gasteiger partial charge in [0.2, 0.25) is 5.91 Å². The summed E-state index contributed by atoms with van der Waals surface area (Å²) in [4.78, 5) is 16.0. The van der Waals surface area contributed by atoms with Gasteiger partial charge in [-0.25, -0.2) is 0 Å². The Morgan fingerprint density at radius 2 is 1.95 bits per heavy atom. The molecule has 4 nitrogen and oxygen atoms in total. The van der Waals surface area contributed by atoms with Crippen LogP contribution in [0.5, 0.6) is 0 Å². The lowest BCUT2D eigenvalue weighted by atomic mass is 10.1. The van der Waals surface area contributed by atoms with Gasteiger partial charge >= 0.3 is 0 Å². The van der Waals surface area contributed by atoms with Gasteiger partial charge in [0.1, 0.15) is 0 Å². The number of fused-ring (bicyclic) bond motifs is 1. The second-order valence-corrected chi connectivity index (χ2v) is 5.69. The largest absolute Gasteiger partial charge is 0.387 e. The molecule has 2 aliphatic rings. The number of nitrogens with zero attached hydrogens (tertiary/aromatic N) is 2. The molecule has 0 bridgehead atoms. The highest BCUT2D eigenvalue weighted by Crippen LogP contribution is 2.34. The summed E-state index contributed by atoms with van der Waals surface area (Å²) < 4.78 is 0. The van der Waals surface area contributed by atoms with Crippen LogP contribution in [0.3, 0.4) is 0 Å². The minimum absolute atomic E-state index is 0.172. The fourth-order valence-corrected chi connectivity index (χ4v) is 3.41. The third-order valence-corrected chi connectivity index (χ3v) is 4.61. The molecule has 1 heterocycles. The van der Waals surface area contributed by atoms with Crippen LogP contribution < -0.4 is 0 Å². The monoisotopic (exact) mass is 274 g/mol. The minimum atomic E-state index is -0.389. The summed E-state index contributed by atoms with van der Waals surface area (Å²) in [6.07, 6.45) is 1.11. The van der Waals surface area contributed by atoms with Crippen molar-refractivity contribution in [2.75, 3.05) is 26.2 Å². The molecule has 108 valence electrons. The predicted molar refractivity (Wildman–Crippen MR) is 77.3 cm³/mol. The van der Waals surface area contributed by atoms with Crippen LogP contribution in [0.25, 0.3) is 0 Å². The molecular weight excluding hydrogens is 252 g/mol. The molecule has 1 N–H and O–H groups in total. The van der Waals surface area contributed by atoms with Gasteiger partial charge < -0.3 is 10.0 Å². The molecule has 20 heavy (non-hydrogen) atoms. The van der Waals surface area contributed by atoms with Crippen LogP contribution in [0.2, 0.25) is 0 Å². The second-order valence-electron chi connectivity index (χ2n) is 5.69. The Morgan fingerprint density at radius 1 is 1.25 bits per heavy atom. The maximum absolute atomic E-state index is 11.7. The highest BCUT2D eigenvalue weighted by Gasteiger charge is 2.36. The van der Waals surface area contributed by atoms with Crippen LogP contribution in [0.15, 0.2) is 24.3 Å². The number of hydrogen-bond acceptors (Lipinski definition) is 3. The maximum Gasteiger partial charge on any atom is 0.222 e. The second kappa shape index (κ2) is 5.54. The molecule has 1 aromatic rings. The van der Waals surface area contributed by atoms with E-state index >= 15 is 0 Å². The van der Waals surface area contributed by atoms with Crippen LogP contribution in [-0.4, -0.2) is 53.0 Å². The van der Waals surface area contributed by atoms with E-state index in [-0.39, 0.29) is 18.1 Å². The Hall–Kier alpha value is -1.39. The van der Waals surface area contributed by atoms with Crippen molar-refractivity contribution in [3.05, 3.63) is 35.4 Å². The van der Waals surface area contributed by atoms with Gasteiger partial charge in [0.15, 0.2) is 0 Å². The van der Waals surface area contributed by atoms with E-state index in [1.165, 1.54) is 5.56 Å². The third-order valence-electron chi connectivity index (χ3n) is 4.61. The summed E-state index contributed by atoms with van der Waals surface area (Å²) in [5.41, 5.74) is 2.33. The minimum Gasteiger partial charge on any atom is -0.387 e. The molecule has 3 rings (SSSR count). The molecule has 0 aromatic heterocycles. The van der Waals surface area contributed by atoms with Gasteiger partial charge in [-0.05, 0) is 17.5 Å². The normalized spacial score (nSPS) is 26.6. The number of carbonyl (C=O) groups excluding carboxylic acids is 1. The Bertz CT molecular complexity index is 495. The smallest absolute Gasteiger partial charge is 0.222 e. The van der Waals surface area contributed by atoms with Crippen LogP contribution in [0, 0.1) is 0 Å². The first-order chi connectivity index (χ1) is 9.70. The number of carbonyl (C=O) groups is 1. The molecule has 0 unspecified atom stereocenters. The SMILES string of the molecule is CCC(=O)N1CCN([C@@H]2Cc3ccccc3[C@@H]2O)CC1. The molecule has 1 saturated heterocycles. The molecule has 2 atom stereocenters. The molecule has 1 aliphatic heterocycles. The Morgan fingerprint density at radius 3 is 2.60 bits per heavy atom. The van der Waals surface area contributed by atoms with Gasteiger partial charge in [-0.3, -0.25) is 9.69 Å². The molecule has 1 amide bonds. The van der Waals surface area contributed by atoms with E-state index in [0.717, 1.165) is 38.2 Å². The number of benzene rings is 1. The number of amides is 1. The average Bonchev–Trinajstić information content (AvgIpc) is 2.84. The van der Waals surface area contributed by atoms with Crippen molar-refractivity contribution in [1.29, 1.82) is 0 Å². The first-order valence-electron chi connectivity index (χ1n) is 7.48. The van der Waals surface area contributed by atoms with Crippen LogP contribution >= 0.6 is 0 Å². The van der Waals surface area contributed by atoms with Gasteiger partial charge in [0.25, 0.3) is 0 Å². The van der Waals surface area contributed by atoms with Gasteiger partial charge in [0.05, 0.1) is 6.10 Å². The van der Waals surface area contributed by atoms with E-state index in [1.807, 2.05) is 30.0 Å². The fraction of sp³-hybridized carbons (Fsp3) is 0.562. The molecule has 0 saturated carbocycles. The highest BCUT2D eigenvalue weighted by atomic mass is 16.3. The summed E-state index contributed by atoms with van der Waals surface area (Å²) in [6, 6.07) is 8.33. The lowest BCUT2D eigenvalue weighted by Gasteiger charge is -2.39. The zero-order valence-corrected chi connectivity index (χ0v) is 12.0. The van der Waals surface area contributed by atoms with E-state index in [0.29, 0.717) is 6.42 Å². The lowest BCUT2D eigenvalue weighted by molar-refractivity contribution is -0.133. The maximum atomic E-state index is 11.7. The van der Waals surface area contributed by atoms with Crippen molar-refractivity contribution >= 4 is 5.91 Å². The zero-order valence-electron chi connectivity index (χ0n) is 12.0. The first kappa shape index (κ1) is 13.6. The third kappa shape index (κ3) is 2.34.